The fourth-order valence-corrected chi connectivity index (χ4v) is 0.839. The van der Waals surface area contributed by atoms with Crippen molar-refractivity contribution in [3.8, 4) is 0 Å². The summed E-state index contributed by atoms with van der Waals surface area (Å²) in [4.78, 5) is 11.0. The summed E-state index contributed by atoms with van der Waals surface area (Å²) in [7, 11) is 1.36. The maximum atomic E-state index is 11.0. The lowest BCUT2D eigenvalue weighted by Gasteiger charge is -2.05. The average Bonchev–Trinajstić information content (AvgIpc) is 2.05. The van der Waals surface area contributed by atoms with Gasteiger partial charge in [-0.3, -0.25) is 0 Å². The fraction of sp³-hybridized carbons (Fsp3) is 0.625. The molecule has 0 aliphatic heterocycles. The number of esters is 1. The largest absolute Gasteiger partial charge is 0.466 e. The molecule has 0 bridgehead atoms. The van der Waals surface area contributed by atoms with Gasteiger partial charge in [-0.05, 0) is 12.8 Å². The monoisotopic (exact) mass is 157 g/mol. The molecule has 0 saturated carbocycles. The van der Waals surface area contributed by atoms with E-state index in [1.54, 1.807) is 0 Å². The van der Waals surface area contributed by atoms with Crippen molar-refractivity contribution >= 4 is 5.97 Å². The summed E-state index contributed by atoms with van der Waals surface area (Å²) < 4.78 is 4.55. The van der Waals surface area contributed by atoms with Gasteiger partial charge in [0.1, 0.15) is 0 Å². The predicted octanol–water partition coefficient (Wildman–Crippen LogP) is 1.19. The Balaban J connectivity index is 4.50. The van der Waals surface area contributed by atoms with Crippen LogP contribution in [0.1, 0.15) is 26.7 Å². The van der Waals surface area contributed by atoms with E-state index in [0.717, 1.165) is 0 Å². The second-order valence-electron chi connectivity index (χ2n) is 2.20. The Morgan fingerprint density at radius 1 is 1.36 bits per heavy atom. The molecule has 0 aromatic rings. The van der Waals surface area contributed by atoms with Gasteiger partial charge in [0, 0.05) is 5.70 Å². The van der Waals surface area contributed by atoms with E-state index in [1.807, 2.05) is 13.8 Å². The summed E-state index contributed by atoms with van der Waals surface area (Å²) in [5, 5.41) is 0. The first-order valence-corrected chi connectivity index (χ1v) is 3.73. The van der Waals surface area contributed by atoms with Gasteiger partial charge in [0.25, 0.3) is 0 Å². The number of nitrogens with two attached hydrogens (primary N) is 1. The average molecular weight is 157 g/mol. The predicted molar refractivity (Wildman–Crippen MR) is 43.8 cm³/mol. The Bertz CT molecular complexity index is 173. The molecule has 3 heteroatoms. The highest BCUT2D eigenvalue weighted by Gasteiger charge is 2.09. The van der Waals surface area contributed by atoms with Crippen molar-refractivity contribution in [3.05, 3.63) is 11.3 Å². The molecule has 0 saturated heterocycles. The molecule has 11 heavy (non-hydrogen) atoms. The van der Waals surface area contributed by atoms with E-state index in [-0.39, 0.29) is 5.97 Å². The van der Waals surface area contributed by atoms with Gasteiger partial charge in [-0.1, -0.05) is 13.8 Å². The minimum Gasteiger partial charge on any atom is -0.466 e. The van der Waals surface area contributed by atoms with Crippen molar-refractivity contribution in [1.29, 1.82) is 0 Å². The molecule has 0 rings (SSSR count). The quantitative estimate of drug-likeness (QED) is 0.494. The van der Waals surface area contributed by atoms with Gasteiger partial charge in [-0.25, -0.2) is 4.79 Å². The van der Waals surface area contributed by atoms with Crippen LogP contribution in [0, 0.1) is 0 Å². The molecule has 3 nitrogen and oxygen atoms in total. The summed E-state index contributed by atoms with van der Waals surface area (Å²) in [5.41, 5.74) is 6.80. The molecule has 2 N–H and O–H groups in total. The van der Waals surface area contributed by atoms with Crippen LogP contribution in [0.3, 0.4) is 0 Å². The van der Waals surface area contributed by atoms with Crippen molar-refractivity contribution < 1.29 is 9.53 Å². The SMILES string of the molecule is CC/C(N)=C(\CC)C(=O)OC. The van der Waals surface area contributed by atoms with Crippen LogP contribution in [-0.2, 0) is 9.53 Å². The Kier molecular flexibility index (Phi) is 4.34. The second-order valence-corrected chi connectivity index (χ2v) is 2.20. The molecule has 0 aromatic carbocycles. The molecule has 0 aliphatic rings. The fourth-order valence-electron chi connectivity index (χ4n) is 0.839. The normalized spacial score (nSPS) is 12.3. The zero-order chi connectivity index (χ0) is 8.85. The van der Waals surface area contributed by atoms with Crippen LogP contribution < -0.4 is 5.73 Å². The molecule has 0 unspecified atom stereocenters. The van der Waals surface area contributed by atoms with Crippen molar-refractivity contribution in [2.45, 2.75) is 26.7 Å². The molecular formula is C8H15NO2. The molecule has 0 aliphatic carbocycles. The molecule has 0 amide bonds. The lowest BCUT2D eigenvalue weighted by Crippen LogP contribution is -2.11. The second kappa shape index (κ2) is 4.77. The number of rotatable bonds is 3. The van der Waals surface area contributed by atoms with E-state index in [4.69, 9.17) is 5.73 Å². The molecular weight excluding hydrogens is 142 g/mol. The number of ether oxygens (including phenoxy) is 1. The smallest absolute Gasteiger partial charge is 0.335 e. The molecule has 0 fully saturated rings. The van der Waals surface area contributed by atoms with Crippen LogP contribution in [0.4, 0.5) is 0 Å². The summed E-state index contributed by atoms with van der Waals surface area (Å²) >= 11 is 0. The van der Waals surface area contributed by atoms with Gasteiger partial charge in [-0.15, -0.1) is 0 Å². The van der Waals surface area contributed by atoms with Gasteiger partial charge in [-0.2, -0.15) is 0 Å². The first-order chi connectivity index (χ1) is 5.17. The zero-order valence-electron chi connectivity index (χ0n) is 7.31. The van der Waals surface area contributed by atoms with Crippen molar-refractivity contribution in [1.82, 2.24) is 0 Å². The topological polar surface area (TPSA) is 52.3 Å². The number of allylic oxidation sites excluding steroid dienone is 1. The van der Waals surface area contributed by atoms with E-state index >= 15 is 0 Å². The van der Waals surface area contributed by atoms with Crippen LogP contribution in [0.5, 0.6) is 0 Å². The van der Waals surface area contributed by atoms with E-state index in [2.05, 4.69) is 4.74 Å². The van der Waals surface area contributed by atoms with E-state index in [9.17, 15) is 4.79 Å². The highest BCUT2D eigenvalue weighted by molar-refractivity contribution is 5.88. The third kappa shape index (κ3) is 2.62. The Morgan fingerprint density at radius 3 is 2.18 bits per heavy atom. The summed E-state index contributed by atoms with van der Waals surface area (Å²) in [5.74, 6) is -0.313. The van der Waals surface area contributed by atoms with Crippen LogP contribution in [-0.4, -0.2) is 13.1 Å². The number of hydrogen-bond acceptors (Lipinski definition) is 3. The van der Waals surface area contributed by atoms with E-state index < -0.39 is 0 Å². The van der Waals surface area contributed by atoms with Crippen molar-refractivity contribution in [3.63, 3.8) is 0 Å². The number of carbonyl (C=O) groups excluding carboxylic acids is 1. The van der Waals surface area contributed by atoms with Gasteiger partial charge >= 0.3 is 5.97 Å². The lowest BCUT2D eigenvalue weighted by atomic mass is 10.1. The summed E-state index contributed by atoms with van der Waals surface area (Å²) in [6, 6.07) is 0. The first kappa shape index (κ1) is 10.0. The minimum atomic E-state index is -0.313. The van der Waals surface area contributed by atoms with Crippen molar-refractivity contribution in [2.24, 2.45) is 5.73 Å². The maximum Gasteiger partial charge on any atom is 0.335 e. The van der Waals surface area contributed by atoms with Crippen LogP contribution in [0.15, 0.2) is 11.3 Å². The first-order valence-electron chi connectivity index (χ1n) is 3.73. The minimum absolute atomic E-state index is 0.313. The molecule has 64 valence electrons. The van der Waals surface area contributed by atoms with Gasteiger partial charge in [0.05, 0.1) is 12.7 Å². The van der Waals surface area contributed by atoms with Crippen LogP contribution in [0.25, 0.3) is 0 Å². The number of carbonyl (C=O) groups is 1. The lowest BCUT2D eigenvalue weighted by molar-refractivity contribution is -0.136. The summed E-state index contributed by atoms with van der Waals surface area (Å²) in [6.07, 6.45) is 1.32. The van der Waals surface area contributed by atoms with Crippen LogP contribution in [0.2, 0.25) is 0 Å². The van der Waals surface area contributed by atoms with Gasteiger partial charge in [0.15, 0.2) is 0 Å². The Morgan fingerprint density at radius 2 is 1.91 bits per heavy atom. The molecule has 0 atom stereocenters. The standard InChI is InChI=1S/C8H15NO2/c1-4-6(7(9)5-2)8(10)11-3/h4-5,9H2,1-3H3/b7-6-. The molecule has 0 heterocycles. The van der Waals surface area contributed by atoms with Gasteiger partial charge in [0.2, 0.25) is 0 Å². The third-order valence-electron chi connectivity index (χ3n) is 1.55. The number of methoxy groups -OCH3 is 1. The zero-order valence-corrected chi connectivity index (χ0v) is 7.31. The highest BCUT2D eigenvalue weighted by Crippen LogP contribution is 2.08. The Hall–Kier alpha value is -0.990. The van der Waals surface area contributed by atoms with E-state index in [0.29, 0.717) is 24.1 Å². The Labute approximate surface area is 67.2 Å². The van der Waals surface area contributed by atoms with Crippen LogP contribution >= 0.6 is 0 Å². The van der Waals surface area contributed by atoms with E-state index in [1.165, 1.54) is 7.11 Å². The van der Waals surface area contributed by atoms with Crippen molar-refractivity contribution in [2.75, 3.05) is 7.11 Å². The highest BCUT2D eigenvalue weighted by atomic mass is 16.5. The van der Waals surface area contributed by atoms with Gasteiger partial charge < -0.3 is 10.5 Å². The number of hydrogen-bond donors (Lipinski definition) is 1. The molecule has 0 radical (unpaired) electrons. The maximum absolute atomic E-state index is 11.0. The molecule has 0 spiro atoms. The third-order valence-corrected chi connectivity index (χ3v) is 1.55. The molecule has 0 aromatic heterocycles. The summed E-state index contributed by atoms with van der Waals surface area (Å²) in [6.45, 7) is 3.79.